The summed E-state index contributed by atoms with van der Waals surface area (Å²) < 4.78 is 5.19. The largest absolute Gasteiger partial charge is 0.497 e. The number of hydrogen-bond donors (Lipinski definition) is 0. The topological polar surface area (TPSA) is 49.9 Å². The van der Waals surface area contributed by atoms with Crippen LogP contribution in [0, 0.1) is 5.92 Å². The van der Waals surface area contributed by atoms with Crippen LogP contribution in [0.4, 0.5) is 0 Å². The van der Waals surface area contributed by atoms with Crippen LogP contribution in [0.2, 0.25) is 0 Å². The molecule has 1 heterocycles. The summed E-state index contributed by atoms with van der Waals surface area (Å²) in [5.74, 6) is 1.07. The Morgan fingerprint density at radius 2 is 1.80 bits per heavy atom. The average molecular weight is 346 g/mol. The predicted molar refractivity (Wildman–Crippen MR) is 98.8 cm³/mol. The molecule has 0 aromatic heterocycles. The monoisotopic (exact) mass is 346 g/mol. The number of nitrogens with zero attached hydrogens (tertiary/aromatic N) is 2. The Bertz CT molecular complexity index is 580. The molecular weight excluding hydrogens is 316 g/mol. The van der Waals surface area contributed by atoms with Gasteiger partial charge in [-0.15, -0.1) is 0 Å². The molecule has 0 N–H and O–H groups in total. The molecule has 1 aliphatic heterocycles. The summed E-state index contributed by atoms with van der Waals surface area (Å²) in [7, 11) is 1.59. The quantitative estimate of drug-likeness (QED) is 0.762. The number of hydrogen-bond acceptors (Lipinski definition) is 3. The van der Waals surface area contributed by atoms with Crippen LogP contribution in [-0.4, -0.2) is 54.9 Å². The molecule has 138 valence electrons. The van der Waals surface area contributed by atoms with Crippen LogP contribution in [0.5, 0.6) is 5.75 Å². The number of piperazine rings is 1. The van der Waals surface area contributed by atoms with Crippen LogP contribution in [-0.2, 0) is 4.79 Å². The highest BCUT2D eigenvalue weighted by atomic mass is 16.5. The van der Waals surface area contributed by atoms with Gasteiger partial charge in [-0.2, -0.15) is 0 Å². The molecule has 1 unspecified atom stereocenters. The van der Waals surface area contributed by atoms with Crippen molar-refractivity contribution < 1.29 is 14.3 Å². The zero-order chi connectivity index (χ0) is 18.2. The van der Waals surface area contributed by atoms with Gasteiger partial charge in [0, 0.05) is 37.7 Å². The molecule has 5 heteroatoms. The normalized spacial score (nSPS) is 15.8. The average Bonchev–Trinajstić information content (AvgIpc) is 2.68. The summed E-state index contributed by atoms with van der Waals surface area (Å²) in [4.78, 5) is 29.1. The molecule has 1 aliphatic rings. The SMILES string of the molecule is CCCCC(CC)C(=O)N1CCN(C(=O)c2cccc(OC)c2)CC1. The van der Waals surface area contributed by atoms with E-state index in [9.17, 15) is 9.59 Å². The fourth-order valence-electron chi connectivity index (χ4n) is 3.28. The second-order valence-corrected chi connectivity index (χ2v) is 6.60. The Hall–Kier alpha value is -2.04. The van der Waals surface area contributed by atoms with Crippen LogP contribution in [0.25, 0.3) is 0 Å². The molecule has 1 aromatic rings. The Balaban J connectivity index is 1.92. The van der Waals surface area contributed by atoms with Gasteiger partial charge in [-0.05, 0) is 31.0 Å². The number of methoxy groups -OCH3 is 1. The van der Waals surface area contributed by atoms with E-state index in [1.165, 1.54) is 0 Å². The highest BCUT2D eigenvalue weighted by molar-refractivity contribution is 5.94. The molecule has 1 saturated heterocycles. The standard InChI is InChI=1S/C20H30N2O3/c1-4-6-8-16(5-2)19(23)21-11-13-22(14-12-21)20(24)17-9-7-10-18(15-17)25-3/h7,9-10,15-16H,4-6,8,11-14H2,1-3H3. The van der Waals surface area contributed by atoms with Crippen LogP contribution < -0.4 is 4.74 Å². The van der Waals surface area contributed by atoms with Crippen molar-refractivity contribution in [3.05, 3.63) is 29.8 Å². The Labute approximate surface area is 150 Å². The third kappa shape index (κ3) is 4.97. The molecule has 2 amide bonds. The minimum atomic E-state index is 0.00373. The number of amides is 2. The molecule has 25 heavy (non-hydrogen) atoms. The third-order valence-corrected chi connectivity index (χ3v) is 4.94. The van der Waals surface area contributed by atoms with Gasteiger partial charge < -0.3 is 14.5 Å². The first-order valence-electron chi connectivity index (χ1n) is 9.32. The molecule has 0 aliphatic carbocycles. The molecule has 0 bridgehead atoms. The van der Waals surface area contributed by atoms with Gasteiger partial charge in [0.1, 0.15) is 5.75 Å². The summed E-state index contributed by atoms with van der Waals surface area (Å²) in [6, 6.07) is 7.22. The van der Waals surface area contributed by atoms with Crippen molar-refractivity contribution in [3.8, 4) is 5.75 Å². The molecule has 0 spiro atoms. The van der Waals surface area contributed by atoms with Gasteiger partial charge in [0.05, 0.1) is 7.11 Å². The maximum Gasteiger partial charge on any atom is 0.254 e. The van der Waals surface area contributed by atoms with Gasteiger partial charge in [-0.25, -0.2) is 0 Å². The van der Waals surface area contributed by atoms with Crippen molar-refractivity contribution in [3.63, 3.8) is 0 Å². The smallest absolute Gasteiger partial charge is 0.254 e. The predicted octanol–water partition coefficient (Wildman–Crippen LogP) is 3.20. The Morgan fingerprint density at radius 1 is 1.12 bits per heavy atom. The van der Waals surface area contributed by atoms with E-state index in [-0.39, 0.29) is 17.7 Å². The molecular formula is C20H30N2O3. The number of ether oxygens (including phenoxy) is 1. The van der Waals surface area contributed by atoms with Crippen LogP contribution in [0.1, 0.15) is 49.9 Å². The maximum atomic E-state index is 12.7. The summed E-state index contributed by atoms with van der Waals surface area (Å²) in [5.41, 5.74) is 0.633. The van der Waals surface area contributed by atoms with Crippen molar-refractivity contribution in [2.24, 2.45) is 5.92 Å². The molecule has 0 saturated carbocycles. The second-order valence-electron chi connectivity index (χ2n) is 6.60. The molecule has 2 rings (SSSR count). The van der Waals surface area contributed by atoms with Gasteiger partial charge in [0.25, 0.3) is 5.91 Å². The number of carbonyl (C=O) groups is 2. The highest BCUT2D eigenvalue weighted by Crippen LogP contribution is 2.19. The van der Waals surface area contributed by atoms with E-state index in [2.05, 4.69) is 13.8 Å². The van der Waals surface area contributed by atoms with Gasteiger partial charge in [-0.1, -0.05) is 32.8 Å². The van der Waals surface area contributed by atoms with Crippen LogP contribution in [0.15, 0.2) is 24.3 Å². The van der Waals surface area contributed by atoms with Crippen molar-refractivity contribution in [2.75, 3.05) is 33.3 Å². The lowest BCUT2D eigenvalue weighted by molar-refractivity contribution is -0.137. The van der Waals surface area contributed by atoms with E-state index in [4.69, 9.17) is 4.74 Å². The molecule has 1 aromatic carbocycles. The van der Waals surface area contributed by atoms with E-state index in [1.807, 2.05) is 21.9 Å². The van der Waals surface area contributed by atoms with Gasteiger partial charge in [0.15, 0.2) is 0 Å². The number of benzene rings is 1. The Kier molecular flexibility index (Phi) is 7.29. The number of rotatable bonds is 7. The second kappa shape index (κ2) is 9.44. The van der Waals surface area contributed by atoms with Crippen LogP contribution in [0.3, 0.4) is 0 Å². The number of unbranched alkanes of at least 4 members (excludes halogenated alkanes) is 1. The first-order valence-corrected chi connectivity index (χ1v) is 9.32. The summed E-state index contributed by atoms with van der Waals surface area (Å²) in [6.45, 7) is 6.66. The lowest BCUT2D eigenvalue weighted by Crippen LogP contribution is -2.52. The third-order valence-electron chi connectivity index (χ3n) is 4.94. The van der Waals surface area contributed by atoms with E-state index in [0.29, 0.717) is 37.5 Å². The van der Waals surface area contributed by atoms with Crippen molar-refractivity contribution in [2.45, 2.75) is 39.5 Å². The maximum absolute atomic E-state index is 12.7. The zero-order valence-corrected chi connectivity index (χ0v) is 15.7. The van der Waals surface area contributed by atoms with Crippen molar-refractivity contribution >= 4 is 11.8 Å². The van der Waals surface area contributed by atoms with E-state index >= 15 is 0 Å². The fourth-order valence-corrected chi connectivity index (χ4v) is 3.28. The van der Waals surface area contributed by atoms with Gasteiger partial charge in [-0.3, -0.25) is 9.59 Å². The molecule has 1 atom stereocenters. The lowest BCUT2D eigenvalue weighted by Gasteiger charge is -2.36. The van der Waals surface area contributed by atoms with Gasteiger partial charge in [0.2, 0.25) is 5.91 Å². The summed E-state index contributed by atoms with van der Waals surface area (Å²) in [5, 5.41) is 0. The van der Waals surface area contributed by atoms with E-state index < -0.39 is 0 Å². The minimum Gasteiger partial charge on any atom is -0.497 e. The van der Waals surface area contributed by atoms with E-state index in [1.54, 1.807) is 19.2 Å². The first-order chi connectivity index (χ1) is 12.1. The summed E-state index contributed by atoms with van der Waals surface area (Å²) >= 11 is 0. The molecule has 5 nitrogen and oxygen atoms in total. The minimum absolute atomic E-state index is 0.00373. The van der Waals surface area contributed by atoms with E-state index in [0.717, 1.165) is 25.7 Å². The Morgan fingerprint density at radius 3 is 2.40 bits per heavy atom. The molecule has 1 fully saturated rings. The van der Waals surface area contributed by atoms with Crippen molar-refractivity contribution in [1.82, 2.24) is 9.80 Å². The zero-order valence-electron chi connectivity index (χ0n) is 15.7. The fraction of sp³-hybridized carbons (Fsp3) is 0.600. The first kappa shape index (κ1) is 19.3. The number of carbonyl (C=O) groups excluding carboxylic acids is 2. The highest BCUT2D eigenvalue weighted by Gasteiger charge is 2.28. The van der Waals surface area contributed by atoms with Crippen molar-refractivity contribution in [1.29, 1.82) is 0 Å². The van der Waals surface area contributed by atoms with Crippen LogP contribution >= 0.6 is 0 Å². The summed E-state index contributed by atoms with van der Waals surface area (Å²) in [6.07, 6.45) is 4.07. The lowest BCUT2D eigenvalue weighted by atomic mass is 9.97. The van der Waals surface area contributed by atoms with Gasteiger partial charge >= 0.3 is 0 Å². The molecule has 0 radical (unpaired) electrons.